The second-order valence-electron chi connectivity index (χ2n) is 5.37. The number of benzene rings is 1. The van der Waals surface area contributed by atoms with E-state index >= 15 is 0 Å². The van der Waals surface area contributed by atoms with E-state index in [1.165, 1.54) is 0 Å². The van der Waals surface area contributed by atoms with Crippen LogP contribution in [-0.2, 0) is 16.0 Å². The number of rotatable bonds is 4. The SMILES string of the molecule is CC(C)(C)OC(=O)N[C@@H](C=O)Cc1cc(F)cc(F)c1. The Morgan fingerprint density at radius 2 is 1.85 bits per heavy atom. The molecule has 1 aromatic carbocycles. The topological polar surface area (TPSA) is 55.4 Å². The maximum atomic E-state index is 13.0. The molecule has 0 unspecified atom stereocenters. The molecule has 0 aliphatic heterocycles. The molecule has 0 saturated heterocycles. The number of hydrogen-bond donors (Lipinski definition) is 1. The summed E-state index contributed by atoms with van der Waals surface area (Å²) < 4.78 is 31.1. The fourth-order valence-electron chi connectivity index (χ4n) is 1.57. The van der Waals surface area contributed by atoms with Gasteiger partial charge in [0, 0.05) is 6.07 Å². The lowest BCUT2D eigenvalue weighted by Crippen LogP contribution is -2.41. The largest absolute Gasteiger partial charge is 0.444 e. The lowest BCUT2D eigenvalue weighted by atomic mass is 10.1. The lowest BCUT2D eigenvalue weighted by molar-refractivity contribution is -0.109. The maximum absolute atomic E-state index is 13.0. The van der Waals surface area contributed by atoms with Crippen LogP contribution in [0.5, 0.6) is 0 Å². The minimum Gasteiger partial charge on any atom is -0.444 e. The van der Waals surface area contributed by atoms with E-state index in [-0.39, 0.29) is 12.0 Å². The number of ether oxygens (including phenoxy) is 1. The van der Waals surface area contributed by atoms with Crippen LogP contribution in [0.25, 0.3) is 0 Å². The van der Waals surface area contributed by atoms with Crippen molar-refractivity contribution in [3.05, 3.63) is 35.4 Å². The monoisotopic (exact) mass is 285 g/mol. The Morgan fingerprint density at radius 1 is 1.30 bits per heavy atom. The molecule has 0 aromatic heterocycles. The van der Waals surface area contributed by atoms with Crippen LogP contribution < -0.4 is 5.32 Å². The van der Waals surface area contributed by atoms with Crippen LogP contribution in [0.15, 0.2) is 18.2 Å². The van der Waals surface area contributed by atoms with E-state index in [1.54, 1.807) is 20.8 Å². The summed E-state index contributed by atoms with van der Waals surface area (Å²) in [5.74, 6) is -1.47. The number of alkyl carbamates (subject to hydrolysis) is 1. The molecule has 0 radical (unpaired) electrons. The Bertz CT molecular complexity index is 477. The van der Waals surface area contributed by atoms with Crippen molar-refractivity contribution in [2.75, 3.05) is 0 Å². The third kappa shape index (κ3) is 5.77. The first-order valence-corrected chi connectivity index (χ1v) is 6.09. The predicted octanol–water partition coefficient (Wildman–Crippen LogP) is 2.60. The van der Waals surface area contributed by atoms with Crippen molar-refractivity contribution in [1.29, 1.82) is 0 Å². The average molecular weight is 285 g/mol. The van der Waals surface area contributed by atoms with E-state index in [0.29, 0.717) is 6.29 Å². The second kappa shape index (κ2) is 6.45. The standard InChI is InChI=1S/C14H17F2NO3/c1-14(2,3)20-13(19)17-12(8-18)6-9-4-10(15)7-11(16)5-9/h4-5,7-8,12H,6H2,1-3H3,(H,17,19)/t12-/m1/s1. The lowest BCUT2D eigenvalue weighted by Gasteiger charge is -2.21. The van der Waals surface area contributed by atoms with Gasteiger partial charge in [0.1, 0.15) is 23.5 Å². The zero-order valence-corrected chi connectivity index (χ0v) is 11.6. The molecule has 1 rings (SSSR count). The van der Waals surface area contributed by atoms with Crippen molar-refractivity contribution < 1.29 is 23.1 Å². The van der Waals surface area contributed by atoms with Crippen molar-refractivity contribution in [2.45, 2.75) is 38.8 Å². The molecule has 0 saturated carbocycles. The van der Waals surface area contributed by atoms with Crippen molar-refractivity contribution in [1.82, 2.24) is 5.32 Å². The van der Waals surface area contributed by atoms with E-state index in [4.69, 9.17) is 4.74 Å². The van der Waals surface area contributed by atoms with Crippen LogP contribution in [0.2, 0.25) is 0 Å². The number of nitrogens with one attached hydrogen (secondary N) is 1. The van der Waals surface area contributed by atoms with Gasteiger partial charge in [-0.2, -0.15) is 0 Å². The molecule has 1 aromatic rings. The molecule has 1 atom stereocenters. The zero-order valence-electron chi connectivity index (χ0n) is 11.6. The molecule has 110 valence electrons. The molecule has 6 heteroatoms. The average Bonchev–Trinajstić information content (AvgIpc) is 2.23. The van der Waals surface area contributed by atoms with Gasteiger partial charge in [0.15, 0.2) is 0 Å². The molecule has 4 nitrogen and oxygen atoms in total. The summed E-state index contributed by atoms with van der Waals surface area (Å²) >= 11 is 0. The summed E-state index contributed by atoms with van der Waals surface area (Å²) in [6.07, 6.45) is -0.282. The normalized spacial score (nSPS) is 12.7. The maximum Gasteiger partial charge on any atom is 0.408 e. The highest BCUT2D eigenvalue weighted by Gasteiger charge is 2.19. The van der Waals surface area contributed by atoms with Crippen molar-refractivity contribution in [2.24, 2.45) is 0 Å². The summed E-state index contributed by atoms with van der Waals surface area (Å²) in [4.78, 5) is 22.4. The fraction of sp³-hybridized carbons (Fsp3) is 0.429. The number of hydrogen-bond acceptors (Lipinski definition) is 3. The number of carbonyl (C=O) groups is 2. The molecule has 0 bridgehead atoms. The number of carbonyl (C=O) groups excluding carboxylic acids is 2. The quantitative estimate of drug-likeness (QED) is 0.865. The Hall–Kier alpha value is -1.98. The van der Waals surface area contributed by atoms with Gasteiger partial charge in [-0.3, -0.25) is 0 Å². The van der Waals surface area contributed by atoms with E-state index < -0.39 is 29.4 Å². The fourth-order valence-corrected chi connectivity index (χ4v) is 1.57. The highest BCUT2D eigenvalue weighted by Crippen LogP contribution is 2.11. The van der Waals surface area contributed by atoms with Gasteiger partial charge in [-0.25, -0.2) is 13.6 Å². The van der Waals surface area contributed by atoms with Gasteiger partial charge in [0.05, 0.1) is 6.04 Å². The molecule has 0 aliphatic rings. The van der Waals surface area contributed by atoms with Crippen molar-refractivity contribution in [3.8, 4) is 0 Å². The summed E-state index contributed by atoms with van der Waals surface area (Å²) in [6, 6.07) is 2.04. The summed E-state index contributed by atoms with van der Waals surface area (Å²) in [5.41, 5.74) is -0.418. The number of aldehydes is 1. The van der Waals surface area contributed by atoms with E-state index in [1.807, 2.05) is 0 Å². The van der Waals surface area contributed by atoms with E-state index in [0.717, 1.165) is 18.2 Å². The van der Waals surface area contributed by atoms with Gasteiger partial charge < -0.3 is 14.8 Å². The van der Waals surface area contributed by atoms with Crippen LogP contribution in [0, 0.1) is 11.6 Å². The second-order valence-corrected chi connectivity index (χ2v) is 5.37. The van der Waals surface area contributed by atoms with Crippen LogP contribution in [0.1, 0.15) is 26.3 Å². The number of amides is 1. The predicted molar refractivity (Wildman–Crippen MR) is 69.3 cm³/mol. The number of halogens is 2. The molecule has 0 aliphatic carbocycles. The molecule has 0 spiro atoms. The molecular weight excluding hydrogens is 268 g/mol. The Kier molecular flexibility index (Phi) is 5.19. The summed E-state index contributed by atoms with van der Waals surface area (Å²) in [7, 11) is 0. The van der Waals surface area contributed by atoms with E-state index in [2.05, 4.69) is 5.32 Å². The smallest absolute Gasteiger partial charge is 0.408 e. The van der Waals surface area contributed by atoms with Crippen LogP contribution in [0.4, 0.5) is 13.6 Å². The molecule has 1 amide bonds. The van der Waals surface area contributed by atoms with Crippen molar-refractivity contribution >= 4 is 12.4 Å². The minimum absolute atomic E-state index is 0.0164. The Balaban J connectivity index is 2.68. The van der Waals surface area contributed by atoms with Gasteiger partial charge in [-0.1, -0.05) is 0 Å². The molecular formula is C14H17F2NO3. The molecule has 0 heterocycles. The summed E-state index contributed by atoms with van der Waals surface area (Å²) in [6.45, 7) is 5.05. The molecule has 20 heavy (non-hydrogen) atoms. The van der Waals surface area contributed by atoms with Crippen molar-refractivity contribution in [3.63, 3.8) is 0 Å². The third-order valence-corrected chi connectivity index (χ3v) is 2.24. The Morgan fingerprint density at radius 3 is 2.30 bits per heavy atom. The van der Waals surface area contributed by atoms with Crippen LogP contribution >= 0.6 is 0 Å². The first-order chi connectivity index (χ1) is 9.19. The minimum atomic E-state index is -0.911. The zero-order chi connectivity index (χ0) is 15.3. The van der Waals surface area contributed by atoms with Gasteiger partial charge in [-0.15, -0.1) is 0 Å². The van der Waals surface area contributed by atoms with Crippen LogP contribution in [-0.4, -0.2) is 24.0 Å². The van der Waals surface area contributed by atoms with Gasteiger partial charge >= 0.3 is 6.09 Å². The van der Waals surface area contributed by atoms with Crippen LogP contribution in [0.3, 0.4) is 0 Å². The van der Waals surface area contributed by atoms with Gasteiger partial charge in [0.2, 0.25) is 0 Å². The Labute approximate surface area is 116 Å². The third-order valence-electron chi connectivity index (χ3n) is 2.24. The molecule has 1 N–H and O–H groups in total. The highest BCUT2D eigenvalue weighted by atomic mass is 19.1. The molecule has 0 fully saturated rings. The highest BCUT2D eigenvalue weighted by molar-refractivity contribution is 5.73. The van der Waals surface area contributed by atoms with Gasteiger partial charge in [0.25, 0.3) is 0 Å². The first-order valence-electron chi connectivity index (χ1n) is 6.09. The first kappa shape index (κ1) is 16.1. The summed E-state index contributed by atoms with van der Waals surface area (Å²) in [5, 5.41) is 2.34. The van der Waals surface area contributed by atoms with Gasteiger partial charge in [-0.05, 0) is 44.9 Å². The van der Waals surface area contributed by atoms with E-state index in [9.17, 15) is 18.4 Å².